The highest BCUT2D eigenvalue weighted by molar-refractivity contribution is 5.76. The normalized spacial score (nSPS) is 19.8. The summed E-state index contributed by atoms with van der Waals surface area (Å²) in [5.74, 6) is 2.90. The van der Waals surface area contributed by atoms with Crippen LogP contribution in [0.1, 0.15) is 51.0 Å². The van der Waals surface area contributed by atoms with Crippen LogP contribution in [0.2, 0.25) is 0 Å². The summed E-state index contributed by atoms with van der Waals surface area (Å²) in [6.07, 6.45) is 5.91. The molecule has 6 heteroatoms. The molecule has 1 aromatic heterocycles. The fourth-order valence-corrected chi connectivity index (χ4v) is 3.70. The van der Waals surface area contributed by atoms with Gasteiger partial charge in [-0.1, -0.05) is 19.1 Å². The molecule has 6 nitrogen and oxygen atoms in total. The van der Waals surface area contributed by atoms with E-state index in [1.54, 1.807) is 13.1 Å². The quantitative estimate of drug-likeness (QED) is 0.639. The molecule has 1 saturated heterocycles. The van der Waals surface area contributed by atoms with Gasteiger partial charge in [0, 0.05) is 25.6 Å². The number of nitrogens with zero attached hydrogens (tertiary/aromatic N) is 3. The van der Waals surface area contributed by atoms with Crippen LogP contribution in [0.4, 0.5) is 5.82 Å². The highest BCUT2D eigenvalue weighted by Gasteiger charge is 2.26. The first-order valence-electron chi connectivity index (χ1n) is 10.5. The first kappa shape index (κ1) is 19.7. The molecule has 2 atom stereocenters. The Morgan fingerprint density at radius 3 is 2.72 bits per heavy atom. The second-order valence-corrected chi connectivity index (χ2v) is 8.30. The fraction of sp³-hybridized carbons (Fsp3) is 0.522. The van der Waals surface area contributed by atoms with E-state index in [9.17, 15) is 4.79 Å². The smallest absolute Gasteiger partial charge is 0.318 e. The van der Waals surface area contributed by atoms with Gasteiger partial charge in [0.05, 0.1) is 13.2 Å². The number of hydrogen-bond acceptors (Lipinski definition) is 6. The highest BCUT2D eigenvalue weighted by atomic mass is 16.5. The molecule has 4 rings (SSSR count). The molecular weight excluding hydrogens is 366 g/mol. The Balaban J connectivity index is 1.30. The summed E-state index contributed by atoms with van der Waals surface area (Å²) in [4.78, 5) is 22.3. The fourth-order valence-electron chi connectivity index (χ4n) is 3.70. The molecule has 2 aromatic rings. The van der Waals surface area contributed by atoms with E-state index in [-0.39, 0.29) is 17.8 Å². The van der Waals surface area contributed by atoms with Crippen molar-refractivity contribution in [2.75, 3.05) is 24.6 Å². The number of aromatic nitrogens is 2. The van der Waals surface area contributed by atoms with E-state index in [1.807, 2.05) is 18.2 Å². The molecule has 1 aliphatic carbocycles. The Labute approximate surface area is 172 Å². The number of benzene rings is 1. The molecule has 0 spiro atoms. The van der Waals surface area contributed by atoms with Gasteiger partial charge >= 0.3 is 6.01 Å². The van der Waals surface area contributed by atoms with Crippen molar-refractivity contribution in [1.29, 1.82) is 0 Å². The van der Waals surface area contributed by atoms with E-state index >= 15 is 0 Å². The Morgan fingerprint density at radius 2 is 2.00 bits per heavy atom. The van der Waals surface area contributed by atoms with Gasteiger partial charge in [-0.05, 0) is 55.4 Å². The molecule has 154 valence electrons. The zero-order chi connectivity index (χ0) is 20.2. The van der Waals surface area contributed by atoms with Gasteiger partial charge in [-0.2, -0.15) is 4.98 Å². The van der Waals surface area contributed by atoms with Gasteiger partial charge in [0.2, 0.25) is 0 Å². The number of hydrogen-bond donors (Lipinski definition) is 0. The van der Waals surface area contributed by atoms with Crippen molar-refractivity contribution in [2.45, 2.75) is 51.6 Å². The van der Waals surface area contributed by atoms with Crippen LogP contribution in [0.5, 0.6) is 11.8 Å². The maximum absolute atomic E-state index is 11.3. The lowest BCUT2D eigenvalue weighted by atomic mass is 9.96. The molecule has 0 N–H and O–H groups in total. The lowest BCUT2D eigenvalue weighted by Crippen LogP contribution is -2.25. The van der Waals surface area contributed by atoms with Crippen LogP contribution in [-0.4, -0.2) is 41.6 Å². The zero-order valence-electron chi connectivity index (χ0n) is 17.2. The Bertz CT molecular complexity index is 836. The van der Waals surface area contributed by atoms with Gasteiger partial charge in [0.1, 0.15) is 23.5 Å². The van der Waals surface area contributed by atoms with Gasteiger partial charge in [0.15, 0.2) is 0 Å². The van der Waals surface area contributed by atoms with Crippen molar-refractivity contribution < 1.29 is 14.3 Å². The Kier molecular flexibility index (Phi) is 5.97. The van der Waals surface area contributed by atoms with Crippen LogP contribution in [0, 0.1) is 5.92 Å². The summed E-state index contributed by atoms with van der Waals surface area (Å²) >= 11 is 0. The van der Waals surface area contributed by atoms with Crippen molar-refractivity contribution in [3.05, 3.63) is 42.1 Å². The minimum Gasteiger partial charge on any atom is -0.489 e. The molecule has 2 aliphatic rings. The third kappa shape index (κ3) is 5.46. The largest absolute Gasteiger partial charge is 0.489 e. The lowest BCUT2D eigenvalue weighted by molar-refractivity contribution is -0.117. The molecule has 0 radical (unpaired) electrons. The van der Waals surface area contributed by atoms with Crippen LogP contribution in [-0.2, 0) is 4.79 Å². The third-order valence-corrected chi connectivity index (χ3v) is 5.58. The van der Waals surface area contributed by atoms with Crippen LogP contribution >= 0.6 is 0 Å². The molecule has 1 aliphatic heterocycles. The van der Waals surface area contributed by atoms with E-state index < -0.39 is 0 Å². The van der Waals surface area contributed by atoms with E-state index in [1.165, 1.54) is 18.4 Å². The Morgan fingerprint density at radius 1 is 1.21 bits per heavy atom. The Hall–Kier alpha value is -2.63. The van der Waals surface area contributed by atoms with E-state index in [0.717, 1.165) is 37.7 Å². The summed E-state index contributed by atoms with van der Waals surface area (Å²) < 4.78 is 11.9. The second kappa shape index (κ2) is 8.80. The molecule has 1 aromatic carbocycles. The zero-order valence-corrected chi connectivity index (χ0v) is 17.2. The highest BCUT2D eigenvalue weighted by Crippen LogP contribution is 2.29. The standard InChI is InChI=1S/C23H29N3O3/c1-16(13-17(2)27)19-5-7-20(8-6-19)29-21-10-12-26(14-21)22-9-11-24-23(25-22)28-15-18-3-4-18/h5-9,11,16,18,21H,3-4,10,12-15H2,1-2H3/t16-,21-/m1/s1. The predicted molar refractivity (Wildman–Crippen MR) is 112 cm³/mol. The van der Waals surface area contributed by atoms with Crippen molar-refractivity contribution in [1.82, 2.24) is 9.97 Å². The number of anilines is 1. The van der Waals surface area contributed by atoms with E-state index in [4.69, 9.17) is 9.47 Å². The molecule has 29 heavy (non-hydrogen) atoms. The van der Waals surface area contributed by atoms with Crippen molar-refractivity contribution in [3.8, 4) is 11.8 Å². The predicted octanol–water partition coefficient (Wildman–Crippen LogP) is 4.01. The minimum atomic E-state index is 0.126. The van der Waals surface area contributed by atoms with Crippen molar-refractivity contribution in [2.24, 2.45) is 5.92 Å². The van der Waals surface area contributed by atoms with Crippen LogP contribution in [0.25, 0.3) is 0 Å². The number of ketones is 1. The molecule has 1 saturated carbocycles. The second-order valence-electron chi connectivity index (χ2n) is 8.30. The topological polar surface area (TPSA) is 64.5 Å². The molecule has 0 unspecified atom stereocenters. The first-order valence-corrected chi connectivity index (χ1v) is 10.5. The van der Waals surface area contributed by atoms with Gasteiger partial charge in [-0.15, -0.1) is 0 Å². The maximum atomic E-state index is 11.3. The number of carbonyl (C=O) groups is 1. The summed E-state index contributed by atoms with van der Waals surface area (Å²) in [5.41, 5.74) is 1.17. The molecular formula is C23H29N3O3. The maximum Gasteiger partial charge on any atom is 0.318 e. The molecule has 2 heterocycles. The average molecular weight is 396 g/mol. The van der Waals surface area contributed by atoms with Gasteiger partial charge < -0.3 is 19.2 Å². The van der Waals surface area contributed by atoms with Crippen molar-refractivity contribution in [3.63, 3.8) is 0 Å². The van der Waals surface area contributed by atoms with Crippen LogP contribution < -0.4 is 14.4 Å². The summed E-state index contributed by atoms with van der Waals surface area (Å²) in [7, 11) is 0. The third-order valence-electron chi connectivity index (χ3n) is 5.58. The van der Waals surface area contributed by atoms with Crippen LogP contribution in [0.15, 0.2) is 36.5 Å². The van der Waals surface area contributed by atoms with E-state index in [2.05, 4.69) is 33.9 Å². The minimum absolute atomic E-state index is 0.126. The van der Waals surface area contributed by atoms with Crippen LogP contribution in [0.3, 0.4) is 0 Å². The van der Waals surface area contributed by atoms with Gasteiger partial charge in [-0.3, -0.25) is 0 Å². The number of carbonyl (C=O) groups excluding carboxylic acids is 1. The average Bonchev–Trinajstić information content (AvgIpc) is 3.43. The summed E-state index contributed by atoms with van der Waals surface area (Å²) in [6.45, 7) is 6.13. The monoisotopic (exact) mass is 395 g/mol. The summed E-state index contributed by atoms with van der Waals surface area (Å²) in [5, 5.41) is 0. The van der Waals surface area contributed by atoms with Crippen molar-refractivity contribution >= 4 is 11.6 Å². The van der Waals surface area contributed by atoms with E-state index in [0.29, 0.717) is 18.3 Å². The lowest BCUT2D eigenvalue weighted by Gasteiger charge is -2.18. The SMILES string of the molecule is CC(=O)C[C@@H](C)c1ccc(O[C@@H]2CCN(c3ccnc(OCC4CC4)n3)C2)cc1. The summed E-state index contributed by atoms with van der Waals surface area (Å²) in [6, 6.07) is 10.5. The first-order chi connectivity index (χ1) is 14.1. The molecule has 0 amide bonds. The number of ether oxygens (including phenoxy) is 2. The number of Topliss-reactive ketones (excluding diaryl/α,β-unsaturated/α-hetero) is 1. The molecule has 0 bridgehead atoms. The van der Waals surface area contributed by atoms with Gasteiger partial charge in [0.25, 0.3) is 0 Å². The number of rotatable bonds is 9. The molecule has 2 fully saturated rings. The van der Waals surface area contributed by atoms with Gasteiger partial charge in [-0.25, -0.2) is 4.98 Å².